The van der Waals surface area contributed by atoms with Crippen molar-refractivity contribution < 1.29 is 10.0 Å². The van der Waals surface area contributed by atoms with E-state index in [1.54, 1.807) is 0 Å². The highest BCUT2D eigenvalue weighted by molar-refractivity contribution is 5.84. The van der Waals surface area contributed by atoms with E-state index in [-0.39, 0.29) is 12.5 Å². The molecule has 0 atom stereocenters. The first-order valence-corrected chi connectivity index (χ1v) is 2.55. The zero-order chi connectivity index (χ0) is 8.15. The van der Waals surface area contributed by atoms with Crippen LogP contribution < -0.4 is 11.5 Å². The van der Waals surface area contributed by atoms with Crippen LogP contribution in [0.25, 0.3) is 0 Å². The number of guanidine groups is 1. The number of primary amides is 1. The molecule has 0 radical (unpaired) electrons. The van der Waals surface area contributed by atoms with Crippen LogP contribution in [0.5, 0.6) is 0 Å². The zero-order valence-electron chi connectivity index (χ0n) is 5.61. The van der Waals surface area contributed by atoms with Gasteiger partial charge in [-0.15, -0.1) is 0 Å². The summed E-state index contributed by atoms with van der Waals surface area (Å²) in [4.78, 5) is 11.4. The number of oxime groups is 1. The second-order valence-electron chi connectivity index (χ2n) is 1.78. The van der Waals surface area contributed by atoms with E-state index >= 15 is 0 Å². The fourth-order valence-electron chi connectivity index (χ4n) is 0.391. The van der Waals surface area contributed by atoms with Gasteiger partial charge in [-0.3, -0.25) is 4.79 Å². The van der Waals surface area contributed by atoms with Gasteiger partial charge in [-0.2, -0.15) is 0 Å². The Bertz CT molecular complexity index is 155. The molecule has 0 aliphatic rings. The number of hydrogen-bond acceptors (Lipinski definition) is 3. The molecule has 6 nitrogen and oxygen atoms in total. The molecule has 0 spiro atoms. The molecule has 0 saturated heterocycles. The lowest BCUT2D eigenvalue weighted by Crippen LogP contribution is -2.39. The lowest BCUT2D eigenvalue weighted by atomic mass is 10.5. The van der Waals surface area contributed by atoms with Crippen LogP contribution in [0.2, 0.25) is 0 Å². The Hall–Kier alpha value is -1.46. The van der Waals surface area contributed by atoms with Crippen molar-refractivity contribution in [2.24, 2.45) is 16.6 Å². The third kappa shape index (κ3) is 2.75. The van der Waals surface area contributed by atoms with Gasteiger partial charge in [0.15, 0.2) is 0 Å². The molecular formula is C4H10N4O2. The van der Waals surface area contributed by atoms with Crippen molar-refractivity contribution in [1.82, 2.24) is 4.90 Å². The van der Waals surface area contributed by atoms with Crippen molar-refractivity contribution in [2.75, 3.05) is 13.6 Å². The van der Waals surface area contributed by atoms with Gasteiger partial charge in [-0.05, 0) is 0 Å². The summed E-state index contributed by atoms with van der Waals surface area (Å²) >= 11 is 0. The van der Waals surface area contributed by atoms with Crippen molar-refractivity contribution in [3.8, 4) is 0 Å². The number of rotatable bonds is 2. The van der Waals surface area contributed by atoms with Gasteiger partial charge >= 0.3 is 0 Å². The summed E-state index contributed by atoms with van der Waals surface area (Å²) in [5.74, 6) is -0.673. The van der Waals surface area contributed by atoms with Crippen LogP contribution in [0, 0.1) is 0 Å². The van der Waals surface area contributed by atoms with Crippen LogP contribution in [0.3, 0.4) is 0 Å². The molecule has 0 heterocycles. The number of carbonyl (C=O) groups excluding carboxylic acids is 1. The fourth-order valence-corrected chi connectivity index (χ4v) is 0.391. The standard InChI is InChI=1S/C4H10N4O2/c1-8(2-3(5)9)4(6)7-10/h10H,2H2,1H3,(H2,5,9)(H2,6,7). The van der Waals surface area contributed by atoms with Crippen LogP contribution in [0.15, 0.2) is 5.16 Å². The van der Waals surface area contributed by atoms with Crippen LogP contribution in [-0.2, 0) is 4.79 Å². The lowest BCUT2D eigenvalue weighted by Gasteiger charge is -2.13. The Morgan fingerprint density at radius 2 is 2.20 bits per heavy atom. The predicted octanol–water partition coefficient (Wildman–Crippen LogP) is -1.89. The minimum Gasteiger partial charge on any atom is -0.408 e. The molecular weight excluding hydrogens is 136 g/mol. The number of nitrogens with zero attached hydrogens (tertiary/aromatic N) is 2. The summed E-state index contributed by atoms with van der Waals surface area (Å²) in [5.41, 5.74) is 9.90. The average Bonchev–Trinajstić information content (AvgIpc) is 1.85. The number of likely N-dealkylation sites (N-methyl/N-ethyl adjacent to an activating group) is 1. The Labute approximate surface area is 58.1 Å². The molecule has 58 valence electrons. The van der Waals surface area contributed by atoms with Crippen molar-refractivity contribution in [3.63, 3.8) is 0 Å². The SMILES string of the molecule is CN(CC(N)=O)C(N)=NO. The van der Waals surface area contributed by atoms with Gasteiger partial charge in [0, 0.05) is 7.05 Å². The summed E-state index contributed by atoms with van der Waals surface area (Å²) in [6, 6.07) is 0. The lowest BCUT2D eigenvalue weighted by molar-refractivity contribution is -0.118. The van der Waals surface area contributed by atoms with Crippen molar-refractivity contribution in [3.05, 3.63) is 0 Å². The Balaban J connectivity index is 3.85. The molecule has 6 heteroatoms. The smallest absolute Gasteiger partial charge is 0.237 e. The largest absolute Gasteiger partial charge is 0.408 e. The monoisotopic (exact) mass is 146 g/mol. The van der Waals surface area contributed by atoms with Gasteiger partial charge in [0.25, 0.3) is 0 Å². The van der Waals surface area contributed by atoms with Crippen molar-refractivity contribution >= 4 is 11.9 Å². The highest BCUT2D eigenvalue weighted by Gasteiger charge is 2.03. The maximum Gasteiger partial charge on any atom is 0.237 e. The van der Waals surface area contributed by atoms with E-state index in [2.05, 4.69) is 5.16 Å². The van der Waals surface area contributed by atoms with Crippen LogP contribution in [-0.4, -0.2) is 35.6 Å². The Morgan fingerprint density at radius 1 is 1.70 bits per heavy atom. The molecule has 0 aliphatic heterocycles. The highest BCUT2D eigenvalue weighted by Crippen LogP contribution is 1.78. The van der Waals surface area contributed by atoms with E-state index in [0.717, 1.165) is 0 Å². The first-order chi connectivity index (χ1) is 4.57. The topological polar surface area (TPSA) is 105 Å². The van der Waals surface area contributed by atoms with E-state index in [1.807, 2.05) is 0 Å². The van der Waals surface area contributed by atoms with Gasteiger partial charge < -0.3 is 21.6 Å². The zero-order valence-corrected chi connectivity index (χ0v) is 5.61. The van der Waals surface area contributed by atoms with E-state index in [4.69, 9.17) is 16.7 Å². The maximum atomic E-state index is 10.2. The van der Waals surface area contributed by atoms with Crippen LogP contribution in [0.4, 0.5) is 0 Å². The number of carbonyl (C=O) groups is 1. The van der Waals surface area contributed by atoms with Crippen molar-refractivity contribution in [2.45, 2.75) is 0 Å². The molecule has 10 heavy (non-hydrogen) atoms. The second kappa shape index (κ2) is 3.54. The van der Waals surface area contributed by atoms with Crippen LogP contribution >= 0.6 is 0 Å². The minimum absolute atomic E-state index is 0.0596. The Kier molecular flexibility index (Phi) is 3.03. The Morgan fingerprint density at radius 3 is 2.50 bits per heavy atom. The van der Waals surface area contributed by atoms with Gasteiger partial charge in [-0.1, -0.05) is 5.16 Å². The van der Waals surface area contributed by atoms with Crippen molar-refractivity contribution in [1.29, 1.82) is 0 Å². The molecule has 0 fully saturated rings. The molecule has 0 aromatic rings. The highest BCUT2D eigenvalue weighted by atomic mass is 16.4. The molecule has 0 aliphatic carbocycles. The fraction of sp³-hybridized carbons (Fsp3) is 0.500. The number of amides is 1. The summed E-state index contributed by atoms with van der Waals surface area (Å²) < 4.78 is 0. The predicted molar refractivity (Wildman–Crippen MR) is 35.2 cm³/mol. The third-order valence-corrected chi connectivity index (χ3v) is 0.887. The molecule has 1 amide bonds. The molecule has 0 saturated carbocycles. The van der Waals surface area contributed by atoms with E-state index in [9.17, 15) is 4.79 Å². The molecule has 0 bridgehead atoms. The normalized spacial score (nSPS) is 11.1. The van der Waals surface area contributed by atoms with Gasteiger partial charge in [0.1, 0.15) is 0 Å². The maximum absolute atomic E-state index is 10.2. The van der Waals surface area contributed by atoms with Gasteiger partial charge in [0.05, 0.1) is 6.54 Å². The summed E-state index contributed by atoms with van der Waals surface area (Å²) in [6.07, 6.45) is 0. The van der Waals surface area contributed by atoms with Crippen LogP contribution in [0.1, 0.15) is 0 Å². The first-order valence-electron chi connectivity index (χ1n) is 2.55. The molecule has 0 rings (SSSR count). The number of hydrogen-bond donors (Lipinski definition) is 3. The minimum atomic E-state index is -0.533. The van der Waals surface area contributed by atoms with Gasteiger partial charge in [-0.25, -0.2) is 0 Å². The van der Waals surface area contributed by atoms with E-state index in [0.29, 0.717) is 0 Å². The molecule has 0 aromatic carbocycles. The average molecular weight is 146 g/mol. The number of nitrogens with two attached hydrogens (primary N) is 2. The summed E-state index contributed by atoms with van der Waals surface area (Å²) in [7, 11) is 1.49. The van der Waals surface area contributed by atoms with E-state index in [1.165, 1.54) is 11.9 Å². The summed E-state index contributed by atoms with van der Waals surface area (Å²) in [5, 5.41) is 10.7. The molecule has 5 N–H and O–H groups in total. The second-order valence-corrected chi connectivity index (χ2v) is 1.78. The quantitative estimate of drug-likeness (QED) is 0.183. The third-order valence-electron chi connectivity index (χ3n) is 0.887. The first kappa shape index (κ1) is 8.54. The summed E-state index contributed by atoms with van der Waals surface area (Å²) in [6.45, 7) is -0.0596. The molecule has 0 unspecified atom stereocenters. The van der Waals surface area contributed by atoms with Gasteiger partial charge in [0.2, 0.25) is 11.9 Å². The molecule has 0 aromatic heterocycles. The van der Waals surface area contributed by atoms with E-state index < -0.39 is 5.91 Å².